The van der Waals surface area contributed by atoms with Crippen molar-refractivity contribution in [1.82, 2.24) is 9.97 Å². The molecule has 2 aromatic heterocycles. The molecule has 0 radical (unpaired) electrons. The van der Waals surface area contributed by atoms with Gasteiger partial charge in [0.1, 0.15) is 5.03 Å². The highest BCUT2D eigenvalue weighted by atomic mass is 79.9. The van der Waals surface area contributed by atoms with Crippen LogP contribution in [0.15, 0.2) is 76.6 Å². The average Bonchev–Trinajstić information content (AvgIpc) is 2.61. The molecule has 0 fully saturated rings. The second-order valence-electron chi connectivity index (χ2n) is 4.96. The number of rotatable bonds is 5. The van der Waals surface area contributed by atoms with Gasteiger partial charge in [-0.05, 0) is 48.0 Å². The molecule has 0 aliphatic carbocycles. The molecule has 0 aliphatic rings. The lowest BCUT2D eigenvalue weighted by Gasteiger charge is -2.09. The molecule has 4 nitrogen and oxygen atoms in total. The lowest BCUT2D eigenvalue weighted by Crippen LogP contribution is -2.13. The molecule has 0 spiro atoms. The van der Waals surface area contributed by atoms with Crippen molar-refractivity contribution >= 4 is 39.3 Å². The Kier molecular flexibility index (Phi) is 5.61. The van der Waals surface area contributed by atoms with Gasteiger partial charge in [0.25, 0.3) is 5.91 Å². The van der Waals surface area contributed by atoms with E-state index in [1.165, 1.54) is 11.8 Å². The number of halogens is 1. The lowest BCUT2D eigenvalue weighted by molar-refractivity contribution is 0.102. The van der Waals surface area contributed by atoms with E-state index in [1.54, 1.807) is 30.7 Å². The van der Waals surface area contributed by atoms with E-state index in [9.17, 15) is 4.79 Å². The maximum Gasteiger partial charge on any atom is 0.258 e. The second-order valence-corrected chi connectivity index (χ2v) is 6.84. The number of carbonyl (C=O) groups excluding carboxylic acids is 1. The summed E-state index contributed by atoms with van der Waals surface area (Å²) in [5, 5.41) is 3.62. The van der Waals surface area contributed by atoms with Gasteiger partial charge < -0.3 is 5.32 Å². The maximum atomic E-state index is 12.6. The van der Waals surface area contributed by atoms with Crippen LogP contribution in [0.4, 0.5) is 5.69 Å². The molecule has 120 valence electrons. The number of nitrogens with one attached hydrogen (secondary N) is 1. The first kappa shape index (κ1) is 16.7. The number of benzene rings is 1. The van der Waals surface area contributed by atoms with E-state index >= 15 is 0 Å². The average molecular weight is 400 g/mol. The smallest absolute Gasteiger partial charge is 0.258 e. The number of nitrogens with zero attached hydrogens (tertiary/aromatic N) is 2. The molecule has 3 aromatic rings. The van der Waals surface area contributed by atoms with Crippen LogP contribution in [0, 0.1) is 0 Å². The number of thioether (sulfide) groups is 1. The number of carbonyl (C=O) groups is 1. The van der Waals surface area contributed by atoms with Gasteiger partial charge in [-0.3, -0.25) is 9.78 Å². The van der Waals surface area contributed by atoms with Gasteiger partial charge in [0, 0.05) is 34.5 Å². The van der Waals surface area contributed by atoms with Crippen molar-refractivity contribution in [3.05, 3.63) is 82.7 Å². The summed E-state index contributed by atoms with van der Waals surface area (Å²) in [5.41, 5.74) is 2.44. The fourth-order valence-electron chi connectivity index (χ4n) is 2.07. The molecule has 24 heavy (non-hydrogen) atoms. The minimum absolute atomic E-state index is 0.168. The number of anilines is 1. The number of amides is 1. The number of aromatic nitrogens is 2. The molecule has 1 N–H and O–H groups in total. The summed E-state index contributed by atoms with van der Waals surface area (Å²) in [7, 11) is 0. The van der Waals surface area contributed by atoms with Crippen molar-refractivity contribution in [3.63, 3.8) is 0 Å². The molecule has 0 saturated carbocycles. The van der Waals surface area contributed by atoms with E-state index in [-0.39, 0.29) is 5.91 Å². The van der Waals surface area contributed by atoms with Crippen LogP contribution in [-0.4, -0.2) is 15.9 Å². The highest BCUT2D eigenvalue weighted by molar-refractivity contribution is 9.10. The summed E-state index contributed by atoms with van der Waals surface area (Å²) >= 11 is 4.93. The minimum Gasteiger partial charge on any atom is -0.322 e. The Morgan fingerprint density at radius 2 is 1.92 bits per heavy atom. The largest absolute Gasteiger partial charge is 0.322 e. The third-order valence-electron chi connectivity index (χ3n) is 3.22. The van der Waals surface area contributed by atoms with Crippen LogP contribution >= 0.6 is 27.7 Å². The molecule has 0 aliphatic heterocycles. The Morgan fingerprint density at radius 3 is 2.71 bits per heavy atom. The van der Waals surface area contributed by atoms with Gasteiger partial charge in [0.15, 0.2) is 0 Å². The summed E-state index contributed by atoms with van der Waals surface area (Å²) in [6.07, 6.45) is 5.22. The molecule has 1 amide bonds. The van der Waals surface area contributed by atoms with E-state index in [1.807, 2.05) is 36.4 Å². The van der Waals surface area contributed by atoms with Crippen LogP contribution in [0.5, 0.6) is 0 Å². The predicted octanol–water partition coefficient (Wildman–Crippen LogP) is 4.78. The van der Waals surface area contributed by atoms with Crippen molar-refractivity contribution in [2.45, 2.75) is 10.8 Å². The van der Waals surface area contributed by atoms with E-state index in [0.29, 0.717) is 10.6 Å². The summed E-state index contributed by atoms with van der Waals surface area (Å²) < 4.78 is 0.916. The van der Waals surface area contributed by atoms with Gasteiger partial charge >= 0.3 is 0 Å². The molecule has 2 heterocycles. The molecule has 0 bridgehead atoms. The number of hydrogen-bond donors (Lipinski definition) is 1. The first-order chi connectivity index (χ1) is 11.7. The van der Waals surface area contributed by atoms with Gasteiger partial charge in [0.2, 0.25) is 0 Å². The fraction of sp³-hybridized carbons (Fsp3) is 0.0556. The second kappa shape index (κ2) is 8.08. The standard InChI is InChI=1S/C18H14BrN3OS/c19-14-3-1-4-15(11-14)22-17(23)16-5-2-8-21-18(16)24-12-13-6-9-20-10-7-13/h1-11H,12H2,(H,22,23). The van der Waals surface area contributed by atoms with Crippen LogP contribution < -0.4 is 5.32 Å². The maximum absolute atomic E-state index is 12.6. The van der Waals surface area contributed by atoms with Gasteiger partial charge in [-0.15, -0.1) is 11.8 Å². The van der Waals surface area contributed by atoms with E-state index in [4.69, 9.17) is 0 Å². The number of pyridine rings is 2. The Balaban J connectivity index is 1.74. The zero-order chi connectivity index (χ0) is 16.8. The molecule has 1 aromatic carbocycles. The Morgan fingerprint density at radius 1 is 1.08 bits per heavy atom. The van der Waals surface area contributed by atoms with Gasteiger partial charge in [-0.2, -0.15) is 0 Å². The molecular weight excluding hydrogens is 386 g/mol. The Bertz CT molecular complexity index is 842. The quantitative estimate of drug-likeness (QED) is 0.626. The van der Waals surface area contributed by atoms with Crippen molar-refractivity contribution in [2.75, 3.05) is 5.32 Å². The summed E-state index contributed by atoms with van der Waals surface area (Å²) in [6, 6.07) is 15.0. The van der Waals surface area contributed by atoms with Gasteiger partial charge in [-0.1, -0.05) is 22.0 Å². The molecule has 0 saturated heterocycles. The Labute approximate surface area is 152 Å². The fourth-order valence-corrected chi connectivity index (χ4v) is 3.42. The van der Waals surface area contributed by atoms with Crippen LogP contribution in [0.25, 0.3) is 0 Å². The van der Waals surface area contributed by atoms with Crippen molar-refractivity contribution in [3.8, 4) is 0 Å². The zero-order valence-electron chi connectivity index (χ0n) is 12.6. The van der Waals surface area contributed by atoms with E-state index < -0.39 is 0 Å². The van der Waals surface area contributed by atoms with E-state index in [0.717, 1.165) is 21.5 Å². The third-order valence-corrected chi connectivity index (χ3v) is 4.79. The van der Waals surface area contributed by atoms with Crippen molar-refractivity contribution in [1.29, 1.82) is 0 Å². The monoisotopic (exact) mass is 399 g/mol. The molecule has 0 atom stereocenters. The summed E-state index contributed by atoms with van der Waals surface area (Å²) in [5.74, 6) is 0.565. The zero-order valence-corrected chi connectivity index (χ0v) is 15.0. The summed E-state index contributed by atoms with van der Waals surface area (Å²) in [6.45, 7) is 0. The van der Waals surface area contributed by atoms with Crippen molar-refractivity contribution < 1.29 is 4.79 Å². The topological polar surface area (TPSA) is 54.9 Å². The lowest BCUT2D eigenvalue weighted by atomic mass is 10.2. The Hall–Kier alpha value is -2.18. The first-order valence-corrected chi connectivity index (χ1v) is 9.04. The normalized spacial score (nSPS) is 10.4. The molecule has 3 rings (SSSR count). The van der Waals surface area contributed by atoms with Crippen LogP contribution in [0.3, 0.4) is 0 Å². The minimum atomic E-state index is -0.168. The van der Waals surface area contributed by atoms with Gasteiger partial charge in [-0.25, -0.2) is 4.98 Å². The van der Waals surface area contributed by atoms with Crippen LogP contribution in [0.1, 0.15) is 15.9 Å². The third kappa shape index (κ3) is 4.43. The van der Waals surface area contributed by atoms with Gasteiger partial charge in [0.05, 0.1) is 5.56 Å². The van der Waals surface area contributed by atoms with Crippen LogP contribution in [0.2, 0.25) is 0 Å². The van der Waals surface area contributed by atoms with E-state index in [2.05, 4.69) is 31.2 Å². The summed E-state index contributed by atoms with van der Waals surface area (Å²) in [4.78, 5) is 20.9. The molecular formula is C18H14BrN3OS. The molecule has 6 heteroatoms. The molecule has 0 unspecified atom stereocenters. The first-order valence-electron chi connectivity index (χ1n) is 7.26. The number of hydrogen-bond acceptors (Lipinski definition) is 4. The van der Waals surface area contributed by atoms with Crippen molar-refractivity contribution in [2.24, 2.45) is 0 Å². The predicted molar refractivity (Wildman–Crippen MR) is 100 cm³/mol. The highest BCUT2D eigenvalue weighted by Crippen LogP contribution is 2.25. The SMILES string of the molecule is O=C(Nc1cccc(Br)c1)c1cccnc1SCc1ccncc1. The highest BCUT2D eigenvalue weighted by Gasteiger charge is 2.13. The van der Waals surface area contributed by atoms with Crippen LogP contribution in [-0.2, 0) is 5.75 Å².